The predicted molar refractivity (Wildman–Crippen MR) is 252 cm³/mol. The highest BCUT2D eigenvalue weighted by Gasteiger charge is 2.29. The first-order valence-electron chi connectivity index (χ1n) is 21.1. The lowest BCUT2D eigenvalue weighted by molar-refractivity contribution is 0.483. The van der Waals surface area contributed by atoms with Crippen LogP contribution < -0.4 is 14.5 Å². The molecule has 0 saturated heterocycles. The molecule has 8 aromatic rings. The second-order valence-corrected chi connectivity index (χ2v) is 18.7. The SMILES string of the molecule is CC(C)(C)c1cc(N2C=C(c3ccccc3)N(c3cccc(Oc4ccc5c6ccccc6n(-c6cc(C(C)(C)c7ccccc7)ccn6)c5c4)c3)C2)cc(C(C)(C)C)c1. The van der Waals surface area contributed by atoms with Gasteiger partial charge >= 0.3 is 0 Å². The number of pyridine rings is 1. The number of fused-ring (bicyclic) bond motifs is 3. The van der Waals surface area contributed by atoms with Crippen LogP contribution in [0.5, 0.6) is 11.5 Å². The number of anilines is 2. The van der Waals surface area contributed by atoms with Gasteiger partial charge in [0, 0.05) is 52.1 Å². The Morgan fingerprint density at radius 1 is 0.500 bits per heavy atom. The Morgan fingerprint density at radius 2 is 1.15 bits per heavy atom. The molecule has 0 atom stereocenters. The van der Waals surface area contributed by atoms with Gasteiger partial charge in [0.25, 0.3) is 0 Å². The van der Waals surface area contributed by atoms with Crippen molar-refractivity contribution >= 4 is 38.9 Å². The van der Waals surface area contributed by atoms with E-state index in [0.717, 1.165) is 50.7 Å². The Hall–Kier alpha value is -6.59. The summed E-state index contributed by atoms with van der Waals surface area (Å²) < 4.78 is 9.05. The van der Waals surface area contributed by atoms with Gasteiger partial charge in [-0.1, -0.05) is 146 Å². The van der Waals surface area contributed by atoms with Gasteiger partial charge in [-0.05, 0) is 93.2 Å². The summed E-state index contributed by atoms with van der Waals surface area (Å²) in [5.41, 5.74) is 11.7. The molecular weight excluding hydrogens is 733 g/mol. The Morgan fingerprint density at radius 3 is 1.87 bits per heavy atom. The molecule has 0 aliphatic carbocycles. The molecule has 0 N–H and O–H groups in total. The van der Waals surface area contributed by atoms with Crippen LogP contribution in [0.1, 0.15) is 83.2 Å². The zero-order chi connectivity index (χ0) is 41.8. The minimum atomic E-state index is -0.204. The summed E-state index contributed by atoms with van der Waals surface area (Å²) in [6, 6.07) is 56.3. The second kappa shape index (κ2) is 14.9. The number of rotatable bonds is 8. The van der Waals surface area contributed by atoms with Crippen molar-refractivity contribution in [3.05, 3.63) is 198 Å². The smallest absolute Gasteiger partial charge is 0.137 e. The van der Waals surface area contributed by atoms with Crippen LogP contribution in [0.25, 0.3) is 33.3 Å². The van der Waals surface area contributed by atoms with Crippen molar-refractivity contribution < 1.29 is 4.74 Å². The van der Waals surface area contributed by atoms with Crippen LogP contribution in [0.15, 0.2) is 170 Å². The molecule has 60 heavy (non-hydrogen) atoms. The van der Waals surface area contributed by atoms with Gasteiger partial charge in [0.05, 0.1) is 23.4 Å². The highest BCUT2D eigenvalue weighted by molar-refractivity contribution is 6.09. The lowest BCUT2D eigenvalue weighted by Crippen LogP contribution is -2.27. The fourth-order valence-electron chi connectivity index (χ4n) is 8.41. The Balaban J connectivity index is 1.08. The van der Waals surface area contributed by atoms with E-state index in [1.807, 2.05) is 12.3 Å². The molecule has 3 heterocycles. The number of ether oxygens (including phenoxy) is 1. The third-order valence-corrected chi connectivity index (χ3v) is 12.1. The number of nitrogens with zero attached hydrogens (tertiary/aromatic N) is 4. The number of aromatic nitrogens is 2. The third-order valence-electron chi connectivity index (χ3n) is 12.1. The van der Waals surface area contributed by atoms with Crippen molar-refractivity contribution in [3.8, 4) is 17.3 Å². The molecule has 0 radical (unpaired) electrons. The molecule has 0 saturated carbocycles. The van der Waals surface area contributed by atoms with Crippen molar-refractivity contribution in [2.24, 2.45) is 0 Å². The summed E-state index contributed by atoms with van der Waals surface area (Å²) in [7, 11) is 0. The van der Waals surface area contributed by atoms with Gasteiger partial charge < -0.3 is 14.5 Å². The number of benzene rings is 6. The van der Waals surface area contributed by atoms with Crippen LogP contribution in [0.3, 0.4) is 0 Å². The number of hydrogen-bond acceptors (Lipinski definition) is 4. The molecule has 6 aromatic carbocycles. The molecular formula is C55H54N4O. The zero-order valence-corrected chi connectivity index (χ0v) is 36.1. The van der Waals surface area contributed by atoms with E-state index in [9.17, 15) is 0 Å². The van der Waals surface area contributed by atoms with Crippen LogP contribution >= 0.6 is 0 Å². The van der Waals surface area contributed by atoms with Gasteiger partial charge in [-0.3, -0.25) is 4.57 Å². The summed E-state index contributed by atoms with van der Waals surface area (Å²) >= 11 is 0. The molecule has 1 aliphatic rings. The van der Waals surface area contributed by atoms with Crippen LogP contribution in [-0.2, 0) is 16.2 Å². The van der Waals surface area contributed by atoms with Gasteiger partial charge in [0.1, 0.15) is 17.3 Å². The van der Waals surface area contributed by atoms with Gasteiger partial charge in [-0.2, -0.15) is 0 Å². The van der Waals surface area contributed by atoms with Crippen molar-refractivity contribution in [3.63, 3.8) is 0 Å². The monoisotopic (exact) mass is 786 g/mol. The third kappa shape index (κ3) is 7.34. The number of hydrogen-bond donors (Lipinski definition) is 0. The lowest BCUT2D eigenvalue weighted by Gasteiger charge is -2.29. The molecule has 1 aliphatic heterocycles. The van der Waals surface area contributed by atoms with Gasteiger partial charge in [-0.25, -0.2) is 4.98 Å². The average molecular weight is 787 g/mol. The van der Waals surface area contributed by atoms with Crippen molar-refractivity contribution in [1.29, 1.82) is 0 Å². The van der Waals surface area contributed by atoms with Gasteiger partial charge in [-0.15, -0.1) is 0 Å². The molecule has 0 spiro atoms. The van der Waals surface area contributed by atoms with E-state index in [2.05, 4.69) is 228 Å². The quantitative estimate of drug-likeness (QED) is 0.154. The van der Waals surface area contributed by atoms with Crippen LogP contribution in [0.2, 0.25) is 0 Å². The van der Waals surface area contributed by atoms with Crippen molar-refractivity contribution in [2.45, 2.75) is 71.6 Å². The van der Waals surface area contributed by atoms with E-state index in [4.69, 9.17) is 9.72 Å². The topological polar surface area (TPSA) is 33.5 Å². The highest BCUT2D eigenvalue weighted by atomic mass is 16.5. The summed E-state index contributed by atoms with van der Waals surface area (Å²) in [6.07, 6.45) is 4.23. The Labute approximate surface area is 355 Å². The summed E-state index contributed by atoms with van der Waals surface area (Å²) in [5, 5.41) is 2.33. The molecule has 5 heteroatoms. The highest BCUT2D eigenvalue weighted by Crippen LogP contribution is 2.41. The standard InChI is InChI=1S/C55H54N4O/c1-53(2,3)41-30-42(54(4,5)6)32-44(31-41)57-36-51(38-18-11-9-12-19-38)58(37-57)43-22-17-23-45(34-43)60-46-26-27-48-47-24-15-16-25-49(47)59(50(48)35-46)52-33-40(28-29-56-52)55(7,8)39-20-13-10-14-21-39/h9-36H,37H2,1-8H3. The molecule has 0 fully saturated rings. The maximum Gasteiger partial charge on any atom is 0.137 e. The molecule has 5 nitrogen and oxygen atoms in total. The maximum atomic E-state index is 6.77. The summed E-state index contributed by atoms with van der Waals surface area (Å²) in [5.74, 6) is 2.42. The summed E-state index contributed by atoms with van der Waals surface area (Å²) in [4.78, 5) is 9.73. The fourth-order valence-corrected chi connectivity index (χ4v) is 8.41. The van der Waals surface area contributed by atoms with Crippen molar-refractivity contribution in [2.75, 3.05) is 16.5 Å². The van der Waals surface area contributed by atoms with E-state index in [1.54, 1.807) is 0 Å². The van der Waals surface area contributed by atoms with Gasteiger partial charge in [0.2, 0.25) is 0 Å². The predicted octanol–water partition coefficient (Wildman–Crippen LogP) is 14.2. The Bertz CT molecular complexity index is 2840. The van der Waals surface area contributed by atoms with E-state index >= 15 is 0 Å². The largest absolute Gasteiger partial charge is 0.457 e. The first kappa shape index (κ1) is 38.9. The van der Waals surface area contributed by atoms with Crippen LogP contribution in [0, 0.1) is 0 Å². The lowest BCUT2D eigenvalue weighted by atomic mass is 9.78. The second-order valence-electron chi connectivity index (χ2n) is 18.7. The van der Waals surface area contributed by atoms with E-state index in [-0.39, 0.29) is 16.2 Å². The van der Waals surface area contributed by atoms with Gasteiger partial charge in [0.15, 0.2) is 0 Å². The van der Waals surface area contributed by atoms with E-state index in [1.165, 1.54) is 33.3 Å². The van der Waals surface area contributed by atoms with Crippen LogP contribution in [0.4, 0.5) is 11.4 Å². The normalized spacial score (nSPS) is 13.6. The first-order chi connectivity index (χ1) is 28.7. The van der Waals surface area contributed by atoms with Crippen LogP contribution in [-0.4, -0.2) is 16.2 Å². The van der Waals surface area contributed by atoms with E-state index < -0.39 is 0 Å². The number of para-hydroxylation sites is 1. The molecule has 0 unspecified atom stereocenters. The zero-order valence-electron chi connectivity index (χ0n) is 36.1. The molecule has 9 rings (SSSR count). The first-order valence-corrected chi connectivity index (χ1v) is 21.1. The van der Waals surface area contributed by atoms with E-state index in [0.29, 0.717) is 6.67 Å². The molecule has 300 valence electrons. The molecule has 2 aromatic heterocycles. The molecule has 0 amide bonds. The minimum absolute atomic E-state index is 0.0181. The summed E-state index contributed by atoms with van der Waals surface area (Å²) in [6.45, 7) is 19.0. The fraction of sp³-hybridized carbons (Fsp3) is 0.218. The van der Waals surface area contributed by atoms with Crippen molar-refractivity contribution in [1.82, 2.24) is 9.55 Å². The average Bonchev–Trinajstić information content (AvgIpc) is 3.84. The Kier molecular flexibility index (Phi) is 9.66. The maximum absolute atomic E-state index is 6.77. The molecule has 0 bridgehead atoms. The minimum Gasteiger partial charge on any atom is -0.457 e.